The van der Waals surface area contributed by atoms with E-state index < -0.39 is 11.9 Å². The molecule has 2 rings (SSSR count). The second kappa shape index (κ2) is 7.55. The Morgan fingerprint density at radius 2 is 2.05 bits per heavy atom. The van der Waals surface area contributed by atoms with Gasteiger partial charge in [0.15, 0.2) is 5.69 Å². The average Bonchev–Trinajstić information content (AvgIpc) is 2.92. The Balaban J connectivity index is 2.13. The fourth-order valence-corrected chi connectivity index (χ4v) is 2.43. The van der Waals surface area contributed by atoms with E-state index in [2.05, 4.69) is 15.6 Å². The largest absolute Gasteiger partial charge is 0.394 e. The molecule has 0 unspecified atom stereocenters. The van der Waals surface area contributed by atoms with Gasteiger partial charge in [0.25, 0.3) is 5.91 Å². The summed E-state index contributed by atoms with van der Waals surface area (Å²) in [6, 6.07) is 4.17. The third-order valence-corrected chi connectivity index (χ3v) is 3.34. The van der Waals surface area contributed by atoms with E-state index >= 15 is 0 Å². The summed E-state index contributed by atoms with van der Waals surface area (Å²) in [5, 5.41) is 20.5. The Morgan fingerprint density at radius 3 is 2.64 bits per heavy atom. The molecular weight excluding hydrogens is 329 g/mol. The zero-order chi connectivity index (χ0) is 16.1. The van der Waals surface area contributed by atoms with Crippen LogP contribution >= 0.6 is 23.2 Å². The highest BCUT2D eigenvalue weighted by molar-refractivity contribution is 6.34. The molecular formula is C13H15Cl2N5O2. The van der Waals surface area contributed by atoms with Gasteiger partial charge in [-0.3, -0.25) is 9.48 Å². The van der Waals surface area contributed by atoms with Crippen molar-refractivity contribution in [1.29, 1.82) is 0 Å². The number of halogens is 2. The maximum atomic E-state index is 12.1. The molecule has 2 aromatic rings. The van der Waals surface area contributed by atoms with Crippen LogP contribution in [-0.4, -0.2) is 39.2 Å². The zero-order valence-electron chi connectivity index (χ0n) is 11.5. The number of benzene rings is 1. The SMILES string of the molecule is NCCn1cc(C(=O)N[C@H](CO)c2cc(Cl)cc(Cl)c2)nn1. The van der Waals surface area contributed by atoms with Gasteiger partial charge in [-0.05, 0) is 23.8 Å². The first-order valence-corrected chi connectivity index (χ1v) is 7.27. The highest BCUT2D eigenvalue weighted by Gasteiger charge is 2.18. The van der Waals surface area contributed by atoms with Gasteiger partial charge in [-0.1, -0.05) is 28.4 Å². The molecule has 1 aromatic heterocycles. The molecule has 1 heterocycles. The summed E-state index contributed by atoms with van der Waals surface area (Å²) in [5.74, 6) is -0.460. The molecule has 0 saturated carbocycles. The lowest BCUT2D eigenvalue weighted by Gasteiger charge is -2.16. The number of aliphatic hydroxyl groups is 1. The minimum atomic E-state index is -0.650. The Morgan fingerprint density at radius 1 is 1.36 bits per heavy atom. The van der Waals surface area contributed by atoms with Gasteiger partial charge in [0.1, 0.15) is 0 Å². The van der Waals surface area contributed by atoms with Crippen molar-refractivity contribution in [2.45, 2.75) is 12.6 Å². The van der Waals surface area contributed by atoms with E-state index in [1.54, 1.807) is 18.2 Å². The summed E-state index contributed by atoms with van der Waals surface area (Å²) in [6.45, 7) is 0.553. The third-order valence-electron chi connectivity index (χ3n) is 2.90. The first-order chi connectivity index (χ1) is 10.5. The maximum Gasteiger partial charge on any atom is 0.274 e. The van der Waals surface area contributed by atoms with Crippen molar-refractivity contribution in [1.82, 2.24) is 20.3 Å². The topological polar surface area (TPSA) is 106 Å². The number of nitrogens with zero attached hydrogens (tertiary/aromatic N) is 3. The molecule has 118 valence electrons. The van der Waals surface area contributed by atoms with E-state index in [0.29, 0.717) is 28.7 Å². The number of nitrogens with two attached hydrogens (primary N) is 1. The average molecular weight is 344 g/mol. The number of rotatable bonds is 6. The van der Waals surface area contributed by atoms with Crippen LogP contribution in [-0.2, 0) is 6.54 Å². The fraction of sp³-hybridized carbons (Fsp3) is 0.308. The van der Waals surface area contributed by atoms with Crippen LogP contribution in [0.1, 0.15) is 22.1 Å². The molecule has 22 heavy (non-hydrogen) atoms. The van der Waals surface area contributed by atoms with Crippen LogP contribution < -0.4 is 11.1 Å². The van der Waals surface area contributed by atoms with E-state index in [1.807, 2.05) is 0 Å². The molecule has 4 N–H and O–H groups in total. The van der Waals surface area contributed by atoms with E-state index in [4.69, 9.17) is 28.9 Å². The third kappa shape index (κ3) is 4.17. The van der Waals surface area contributed by atoms with Gasteiger partial charge in [0.2, 0.25) is 0 Å². The van der Waals surface area contributed by atoms with E-state index in [9.17, 15) is 9.90 Å². The molecule has 0 bridgehead atoms. The predicted octanol–water partition coefficient (Wildman–Crippen LogP) is 1.01. The summed E-state index contributed by atoms with van der Waals surface area (Å²) in [5.41, 5.74) is 6.14. The molecule has 1 aromatic carbocycles. The predicted molar refractivity (Wildman–Crippen MR) is 82.8 cm³/mol. The normalized spacial score (nSPS) is 12.2. The quantitative estimate of drug-likeness (QED) is 0.725. The molecule has 7 nitrogen and oxygen atoms in total. The van der Waals surface area contributed by atoms with Crippen LogP contribution in [0.4, 0.5) is 0 Å². The van der Waals surface area contributed by atoms with Crippen LogP contribution in [0.5, 0.6) is 0 Å². The highest BCUT2D eigenvalue weighted by atomic mass is 35.5. The van der Waals surface area contributed by atoms with Crippen LogP contribution in [0.3, 0.4) is 0 Å². The summed E-state index contributed by atoms with van der Waals surface area (Å²) in [7, 11) is 0. The Bertz CT molecular complexity index is 641. The van der Waals surface area contributed by atoms with Gasteiger partial charge in [-0.25, -0.2) is 0 Å². The maximum absolute atomic E-state index is 12.1. The van der Waals surface area contributed by atoms with Crippen molar-refractivity contribution in [2.24, 2.45) is 5.73 Å². The van der Waals surface area contributed by atoms with Crippen LogP contribution in [0.15, 0.2) is 24.4 Å². The number of amides is 1. The Hall–Kier alpha value is -1.67. The van der Waals surface area contributed by atoms with Crippen LogP contribution in [0, 0.1) is 0 Å². The zero-order valence-corrected chi connectivity index (χ0v) is 13.1. The molecule has 0 fully saturated rings. The van der Waals surface area contributed by atoms with Crippen molar-refractivity contribution in [3.8, 4) is 0 Å². The van der Waals surface area contributed by atoms with Crippen molar-refractivity contribution >= 4 is 29.1 Å². The summed E-state index contributed by atoms with van der Waals surface area (Å²) in [6.07, 6.45) is 1.49. The molecule has 0 aliphatic rings. The van der Waals surface area contributed by atoms with Crippen molar-refractivity contribution in [2.75, 3.05) is 13.2 Å². The molecule has 1 amide bonds. The molecule has 0 spiro atoms. The lowest BCUT2D eigenvalue weighted by molar-refractivity contribution is 0.0911. The first kappa shape index (κ1) is 16.7. The summed E-state index contributed by atoms with van der Waals surface area (Å²) < 4.78 is 1.47. The number of carbonyl (C=O) groups is 1. The monoisotopic (exact) mass is 343 g/mol. The van der Waals surface area contributed by atoms with Gasteiger partial charge in [-0.15, -0.1) is 5.10 Å². The Kier molecular flexibility index (Phi) is 5.73. The summed E-state index contributed by atoms with van der Waals surface area (Å²) >= 11 is 11.9. The molecule has 0 radical (unpaired) electrons. The van der Waals surface area contributed by atoms with Crippen LogP contribution in [0.25, 0.3) is 0 Å². The summed E-state index contributed by atoms with van der Waals surface area (Å²) in [4.78, 5) is 12.1. The number of aromatic nitrogens is 3. The van der Waals surface area contributed by atoms with Gasteiger partial charge < -0.3 is 16.2 Å². The van der Waals surface area contributed by atoms with Gasteiger partial charge in [0, 0.05) is 16.6 Å². The van der Waals surface area contributed by atoms with Crippen molar-refractivity contribution < 1.29 is 9.90 Å². The van der Waals surface area contributed by atoms with Crippen molar-refractivity contribution in [3.63, 3.8) is 0 Å². The van der Waals surface area contributed by atoms with Gasteiger partial charge in [0.05, 0.1) is 25.4 Å². The number of aliphatic hydroxyl groups excluding tert-OH is 1. The molecule has 1 atom stereocenters. The van der Waals surface area contributed by atoms with Crippen molar-refractivity contribution in [3.05, 3.63) is 45.7 Å². The second-order valence-corrected chi connectivity index (χ2v) is 5.44. The lowest BCUT2D eigenvalue weighted by Crippen LogP contribution is -2.31. The van der Waals surface area contributed by atoms with Gasteiger partial charge >= 0.3 is 0 Å². The minimum Gasteiger partial charge on any atom is -0.394 e. The standard InChI is InChI=1S/C13H15Cl2N5O2/c14-9-3-8(4-10(15)5-9)12(7-21)17-13(22)11-6-20(2-1-16)19-18-11/h3-6,12,21H,1-2,7,16H2,(H,17,22)/t12-/m1/s1. The molecule has 0 saturated heterocycles. The number of nitrogens with one attached hydrogen (secondary N) is 1. The highest BCUT2D eigenvalue weighted by Crippen LogP contribution is 2.23. The Labute approximate surface area is 137 Å². The lowest BCUT2D eigenvalue weighted by atomic mass is 10.1. The first-order valence-electron chi connectivity index (χ1n) is 6.51. The second-order valence-electron chi connectivity index (χ2n) is 4.57. The fourth-order valence-electron chi connectivity index (χ4n) is 1.89. The van der Waals surface area contributed by atoms with E-state index in [-0.39, 0.29) is 12.3 Å². The smallest absolute Gasteiger partial charge is 0.274 e. The molecule has 0 aliphatic carbocycles. The van der Waals surface area contributed by atoms with Crippen LogP contribution in [0.2, 0.25) is 10.0 Å². The van der Waals surface area contributed by atoms with E-state index in [1.165, 1.54) is 10.9 Å². The van der Waals surface area contributed by atoms with E-state index in [0.717, 1.165) is 0 Å². The number of hydrogen-bond donors (Lipinski definition) is 3. The number of carbonyl (C=O) groups excluding carboxylic acids is 1. The molecule has 0 aliphatic heterocycles. The molecule has 9 heteroatoms. The minimum absolute atomic E-state index is 0.139. The van der Waals surface area contributed by atoms with Gasteiger partial charge in [-0.2, -0.15) is 0 Å². The number of hydrogen-bond acceptors (Lipinski definition) is 5.